The van der Waals surface area contributed by atoms with Gasteiger partial charge in [-0.3, -0.25) is 4.79 Å². The lowest BCUT2D eigenvalue weighted by molar-refractivity contribution is -0.123. The normalized spacial score (nSPS) is 11.2. The quantitative estimate of drug-likeness (QED) is 0.649. The van der Waals surface area contributed by atoms with Crippen molar-refractivity contribution in [2.75, 3.05) is 33.8 Å². The maximum atomic E-state index is 12.4. The summed E-state index contributed by atoms with van der Waals surface area (Å²) < 4.78 is 25.9. The van der Waals surface area contributed by atoms with E-state index in [1.165, 1.54) is 47.5 Å². The molecule has 1 atom stereocenters. The lowest BCUT2D eigenvalue weighted by Gasteiger charge is -2.16. The molecule has 8 nitrogen and oxygen atoms in total. The number of carbonyl (C=O) groups excluding carboxylic acids is 2. The molecule has 0 aromatic heterocycles. The largest absolute Gasteiger partial charge is 0.497 e. The molecule has 2 aromatic rings. The maximum Gasteiger partial charge on any atom is 0.339 e. The van der Waals surface area contributed by atoms with Crippen LogP contribution in [0.25, 0.3) is 0 Å². The van der Waals surface area contributed by atoms with Crippen LogP contribution in [0.15, 0.2) is 30.3 Å². The van der Waals surface area contributed by atoms with Crippen LogP contribution in [0.2, 0.25) is 5.02 Å². The topological polar surface area (TPSA) is 92.3 Å². The summed E-state index contributed by atoms with van der Waals surface area (Å²) in [7, 11) is 5.85. The highest BCUT2D eigenvalue weighted by atomic mass is 35.5. The van der Waals surface area contributed by atoms with Crippen molar-refractivity contribution in [3.63, 3.8) is 0 Å². The first kappa shape index (κ1) is 22.2. The van der Waals surface area contributed by atoms with Crippen LogP contribution in [-0.2, 0) is 9.53 Å². The van der Waals surface area contributed by atoms with Gasteiger partial charge >= 0.3 is 5.97 Å². The number of nitrogens with one attached hydrogen (secondary N) is 1. The third kappa shape index (κ3) is 5.45. The summed E-state index contributed by atoms with van der Waals surface area (Å²) in [5.41, 5.74) is 0.554. The van der Waals surface area contributed by atoms with Crippen molar-refractivity contribution in [3.05, 3.63) is 40.9 Å². The molecule has 0 saturated carbocycles. The summed E-state index contributed by atoms with van der Waals surface area (Å²) in [5, 5.41) is 2.83. The van der Waals surface area contributed by atoms with Gasteiger partial charge in [0.15, 0.2) is 17.6 Å². The zero-order valence-corrected chi connectivity index (χ0v) is 17.5. The van der Waals surface area contributed by atoms with Gasteiger partial charge in [0.2, 0.25) is 0 Å². The minimum Gasteiger partial charge on any atom is -0.497 e. The van der Waals surface area contributed by atoms with Gasteiger partial charge in [0, 0.05) is 23.9 Å². The molecule has 1 N–H and O–H groups in total. The number of hydrogen-bond donors (Lipinski definition) is 1. The average Bonchev–Trinajstić information content (AvgIpc) is 2.72. The Hall–Kier alpha value is -3.13. The van der Waals surface area contributed by atoms with E-state index in [0.717, 1.165) is 0 Å². The SMILES string of the molecule is COc1cc(NC(=O)C(C)OC(=O)c2cc(Cl)c(OC)c(OC)c2)cc(OC)c1. The van der Waals surface area contributed by atoms with Crippen molar-refractivity contribution >= 4 is 29.2 Å². The molecule has 0 aliphatic carbocycles. The van der Waals surface area contributed by atoms with Gasteiger partial charge in [0.1, 0.15) is 11.5 Å². The van der Waals surface area contributed by atoms with Crippen molar-refractivity contribution in [2.24, 2.45) is 0 Å². The fourth-order valence-electron chi connectivity index (χ4n) is 2.44. The molecule has 0 saturated heterocycles. The molecular weight excluding hydrogens is 402 g/mol. The fourth-order valence-corrected chi connectivity index (χ4v) is 2.73. The summed E-state index contributed by atoms with van der Waals surface area (Å²) >= 11 is 6.11. The zero-order valence-electron chi connectivity index (χ0n) is 16.7. The molecule has 29 heavy (non-hydrogen) atoms. The molecule has 156 valence electrons. The number of anilines is 1. The predicted octanol–water partition coefficient (Wildman–Crippen LogP) is 3.56. The van der Waals surface area contributed by atoms with Crippen molar-refractivity contribution in [1.82, 2.24) is 0 Å². The minimum atomic E-state index is -1.08. The number of rotatable bonds is 8. The van der Waals surface area contributed by atoms with Crippen molar-refractivity contribution in [3.8, 4) is 23.0 Å². The third-order valence-corrected chi connectivity index (χ3v) is 4.22. The number of halogens is 1. The standard InChI is InChI=1S/C20H22ClNO7/c1-11(19(23)22-13-8-14(25-2)10-15(9-13)26-3)29-20(24)12-6-16(21)18(28-5)17(7-12)27-4/h6-11H,1-5H3,(H,22,23). The van der Waals surface area contributed by atoms with Gasteiger partial charge in [-0.25, -0.2) is 4.79 Å². The van der Waals surface area contributed by atoms with Crippen LogP contribution in [-0.4, -0.2) is 46.4 Å². The summed E-state index contributed by atoms with van der Waals surface area (Å²) in [6, 6.07) is 7.69. The number of hydrogen-bond acceptors (Lipinski definition) is 7. The van der Waals surface area contributed by atoms with E-state index in [9.17, 15) is 9.59 Å². The van der Waals surface area contributed by atoms with Crippen molar-refractivity contribution in [2.45, 2.75) is 13.0 Å². The Morgan fingerprint density at radius 2 is 1.52 bits per heavy atom. The number of carbonyl (C=O) groups is 2. The number of esters is 1. The van der Waals surface area contributed by atoms with E-state index >= 15 is 0 Å². The van der Waals surface area contributed by atoms with E-state index in [4.69, 9.17) is 35.3 Å². The number of methoxy groups -OCH3 is 4. The van der Waals surface area contributed by atoms with Gasteiger partial charge in [-0.2, -0.15) is 0 Å². The van der Waals surface area contributed by atoms with Gasteiger partial charge < -0.3 is 29.0 Å². The average molecular weight is 424 g/mol. The van der Waals surface area contributed by atoms with Crippen LogP contribution in [0, 0.1) is 0 Å². The number of ether oxygens (including phenoxy) is 5. The molecule has 0 radical (unpaired) electrons. The van der Waals surface area contributed by atoms with Gasteiger partial charge in [0.05, 0.1) is 39.0 Å². The first-order valence-electron chi connectivity index (χ1n) is 8.49. The summed E-state index contributed by atoms with van der Waals surface area (Å²) in [6.45, 7) is 1.45. The van der Waals surface area contributed by atoms with Crippen LogP contribution in [0.3, 0.4) is 0 Å². The number of amides is 1. The minimum absolute atomic E-state index is 0.121. The van der Waals surface area contributed by atoms with Crippen LogP contribution in [0.1, 0.15) is 17.3 Å². The van der Waals surface area contributed by atoms with Crippen LogP contribution in [0.4, 0.5) is 5.69 Å². The van der Waals surface area contributed by atoms with E-state index in [2.05, 4.69) is 5.32 Å². The lowest BCUT2D eigenvalue weighted by Crippen LogP contribution is -2.30. The summed E-state index contributed by atoms with van der Waals surface area (Å²) in [6.07, 6.45) is -1.08. The zero-order chi connectivity index (χ0) is 21.6. The van der Waals surface area contributed by atoms with Crippen molar-refractivity contribution in [1.29, 1.82) is 0 Å². The molecule has 2 aromatic carbocycles. The summed E-state index contributed by atoms with van der Waals surface area (Å²) in [4.78, 5) is 24.9. The van der Waals surface area contributed by atoms with Crippen LogP contribution >= 0.6 is 11.6 Å². The van der Waals surface area contributed by atoms with E-state index < -0.39 is 18.0 Å². The lowest BCUT2D eigenvalue weighted by atomic mass is 10.2. The Morgan fingerprint density at radius 1 is 0.897 bits per heavy atom. The number of benzene rings is 2. The van der Waals surface area contributed by atoms with Crippen molar-refractivity contribution < 1.29 is 33.3 Å². The van der Waals surface area contributed by atoms with E-state index in [0.29, 0.717) is 22.9 Å². The molecule has 2 rings (SSSR count). The highest BCUT2D eigenvalue weighted by molar-refractivity contribution is 6.32. The van der Waals surface area contributed by atoms with Gasteiger partial charge in [0.25, 0.3) is 5.91 Å². The van der Waals surface area contributed by atoms with E-state index in [1.54, 1.807) is 18.2 Å². The second-order valence-electron chi connectivity index (χ2n) is 5.83. The fraction of sp³-hybridized carbons (Fsp3) is 0.300. The Morgan fingerprint density at radius 3 is 2.03 bits per heavy atom. The predicted molar refractivity (Wildman–Crippen MR) is 108 cm³/mol. The monoisotopic (exact) mass is 423 g/mol. The molecule has 0 aliphatic rings. The molecule has 9 heteroatoms. The maximum absolute atomic E-state index is 12.4. The molecule has 1 unspecified atom stereocenters. The van der Waals surface area contributed by atoms with Crippen LogP contribution < -0.4 is 24.3 Å². The Kier molecular flexibility index (Phi) is 7.55. The molecular formula is C20H22ClNO7. The first-order chi connectivity index (χ1) is 13.8. The molecule has 0 aliphatic heterocycles. The van der Waals surface area contributed by atoms with Gasteiger partial charge in [-0.1, -0.05) is 11.6 Å². The summed E-state index contributed by atoms with van der Waals surface area (Å²) in [5.74, 6) is 0.309. The molecule has 1 amide bonds. The Labute approximate surface area is 173 Å². The second kappa shape index (κ2) is 9.88. The van der Waals surface area contributed by atoms with Gasteiger partial charge in [-0.15, -0.1) is 0 Å². The molecule has 0 heterocycles. The Balaban J connectivity index is 2.12. The van der Waals surface area contributed by atoms with Crippen LogP contribution in [0.5, 0.6) is 23.0 Å². The highest BCUT2D eigenvalue weighted by Gasteiger charge is 2.22. The molecule has 0 spiro atoms. The molecule has 0 bridgehead atoms. The molecule has 0 fully saturated rings. The van der Waals surface area contributed by atoms with E-state index in [1.807, 2.05) is 0 Å². The third-order valence-electron chi connectivity index (χ3n) is 3.94. The highest BCUT2D eigenvalue weighted by Crippen LogP contribution is 2.36. The smallest absolute Gasteiger partial charge is 0.339 e. The first-order valence-corrected chi connectivity index (χ1v) is 8.87. The van der Waals surface area contributed by atoms with E-state index in [-0.39, 0.29) is 16.3 Å². The second-order valence-corrected chi connectivity index (χ2v) is 6.24. The Bertz CT molecular complexity index is 878. The van der Waals surface area contributed by atoms with Gasteiger partial charge in [-0.05, 0) is 19.1 Å².